The zero-order valence-corrected chi connectivity index (χ0v) is 30.1. The van der Waals surface area contributed by atoms with Crippen LogP contribution in [0.4, 0.5) is 26.3 Å². The summed E-state index contributed by atoms with van der Waals surface area (Å²) in [6.07, 6.45) is -9.19. The number of benzene rings is 3. The summed E-state index contributed by atoms with van der Waals surface area (Å²) >= 11 is 1.57. The second kappa shape index (κ2) is 15.1. The fraction of sp³-hybridized carbons (Fsp3) is 0.0500. The highest BCUT2D eigenvalue weighted by molar-refractivity contribution is 8.27. The zero-order valence-electron chi connectivity index (χ0n) is 28.5. The number of hydrogen-bond donors (Lipinski definition) is 4. The molecule has 4 aromatic heterocycles. The van der Waals surface area contributed by atoms with Crippen molar-refractivity contribution >= 4 is 65.5 Å². The summed E-state index contributed by atoms with van der Waals surface area (Å²) in [4.78, 5) is 18.0. The average molecular weight is 796 g/mol. The Balaban J connectivity index is 1.12. The van der Waals surface area contributed by atoms with Crippen LogP contribution in [0.25, 0.3) is 44.3 Å². The van der Waals surface area contributed by atoms with Crippen LogP contribution in [-0.2, 0) is 12.4 Å². The van der Waals surface area contributed by atoms with E-state index in [1.54, 1.807) is 24.3 Å². The molecule has 56 heavy (non-hydrogen) atoms. The van der Waals surface area contributed by atoms with Gasteiger partial charge in [0.2, 0.25) is 0 Å². The lowest BCUT2D eigenvalue weighted by Gasteiger charge is -2.13. The van der Waals surface area contributed by atoms with E-state index in [-0.39, 0.29) is 65.5 Å². The first-order chi connectivity index (χ1) is 26.7. The van der Waals surface area contributed by atoms with Crippen LogP contribution in [0.2, 0.25) is 0 Å². The third kappa shape index (κ3) is 7.92. The molecule has 0 spiro atoms. The molecule has 3 aromatic carbocycles. The largest absolute Gasteiger partial charge is 0.417 e. The van der Waals surface area contributed by atoms with Gasteiger partial charge in [-0.3, -0.25) is 16.2 Å². The van der Waals surface area contributed by atoms with Crippen molar-refractivity contribution in [2.24, 2.45) is 0 Å². The number of nitrogens with two attached hydrogens (primary N) is 1. The molecule has 0 fully saturated rings. The molecular weight excluding hydrogens is 771 g/mol. The van der Waals surface area contributed by atoms with Gasteiger partial charge in [-0.2, -0.15) is 26.3 Å². The Morgan fingerprint density at radius 2 is 0.839 bits per heavy atom. The molecule has 5 N–H and O–H groups in total. The van der Waals surface area contributed by atoms with E-state index in [9.17, 15) is 26.3 Å². The molecule has 0 atom stereocenters. The van der Waals surface area contributed by atoms with Gasteiger partial charge in [0, 0.05) is 33.7 Å². The number of pyridine rings is 4. The Morgan fingerprint density at radius 1 is 0.446 bits per heavy atom. The number of nitrogens with one attached hydrogen (secondary N) is 3. The van der Waals surface area contributed by atoms with Crippen molar-refractivity contribution in [3.8, 4) is 22.5 Å². The van der Waals surface area contributed by atoms with Crippen LogP contribution >= 0.6 is 23.5 Å². The molecule has 0 saturated carbocycles. The van der Waals surface area contributed by atoms with Crippen LogP contribution < -0.4 is 5.41 Å². The smallest absolute Gasteiger partial charge is 0.292 e. The van der Waals surface area contributed by atoms with Gasteiger partial charge in [0.05, 0.1) is 50.6 Å². The van der Waals surface area contributed by atoms with Gasteiger partial charge in [0.15, 0.2) is 0 Å². The van der Waals surface area contributed by atoms with Crippen LogP contribution in [0.15, 0.2) is 121 Å². The minimum absolute atomic E-state index is 0.0315. The molecule has 0 amide bonds. The monoisotopic (exact) mass is 795 g/mol. The first kappa shape index (κ1) is 38.0. The highest BCUT2D eigenvalue weighted by Gasteiger charge is 2.35. The summed E-state index contributed by atoms with van der Waals surface area (Å²) in [6.45, 7) is 0. The maximum Gasteiger partial charge on any atom is 0.417 e. The van der Waals surface area contributed by atoms with Crippen LogP contribution in [0.1, 0.15) is 33.9 Å². The molecule has 0 aliphatic heterocycles. The number of aromatic nitrogens is 4. The molecule has 0 radical (unpaired) electrons. The van der Waals surface area contributed by atoms with Crippen LogP contribution in [0.3, 0.4) is 0 Å². The maximum absolute atomic E-state index is 13.7. The maximum atomic E-state index is 13.7. The van der Waals surface area contributed by atoms with E-state index in [0.717, 1.165) is 35.7 Å². The van der Waals surface area contributed by atoms with Crippen molar-refractivity contribution in [1.29, 1.82) is 16.2 Å². The van der Waals surface area contributed by atoms with Crippen molar-refractivity contribution in [3.05, 3.63) is 155 Å². The Labute approximate surface area is 322 Å². The van der Waals surface area contributed by atoms with Gasteiger partial charge in [0.25, 0.3) is 5.04 Å². The van der Waals surface area contributed by atoms with Crippen molar-refractivity contribution in [3.63, 3.8) is 0 Å². The SMILES string of the molecule is N=C(SC(=N)c1ccc2ccc3ccc(C(=N)SC(=[NH2+])c4cccc(-c5ccccc5C(F)(F)F)n4)nc3c2n1)c1cccc(-c2ccccc2C(F)(F)F)n1. The zero-order chi connectivity index (χ0) is 39.8. The number of hydrogen-bond acceptors (Lipinski definition) is 9. The average Bonchev–Trinajstić information content (AvgIpc) is 3.19. The topological polar surface area (TPSA) is 149 Å². The van der Waals surface area contributed by atoms with E-state index in [1.165, 1.54) is 72.8 Å². The van der Waals surface area contributed by atoms with Crippen molar-refractivity contribution in [2.45, 2.75) is 12.4 Å². The molecular formula is C40H25F6N8S2+. The predicted octanol–water partition coefficient (Wildman–Crippen LogP) is 9.29. The summed E-state index contributed by atoms with van der Waals surface area (Å²) in [5.74, 6) is 0. The molecule has 0 aliphatic rings. The molecule has 0 unspecified atom stereocenters. The van der Waals surface area contributed by atoms with Crippen LogP contribution in [0, 0.1) is 16.2 Å². The lowest BCUT2D eigenvalue weighted by molar-refractivity contribution is -0.137. The molecule has 278 valence electrons. The van der Waals surface area contributed by atoms with E-state index < -0.39 is 23.5 Å². The predicted molar refractivity (Wildman–Crippen MR) is 208 cm³/mol. The highest BCUT2D eigenvalue weighted by Crippen LogP contribution is 2.38. The fourth-order valence-corrected chi connectivity index (χ4v) is 7.08. The van der Waals surface area contributed by atoms with Crippen LogP contribution in [-0.4, -0.2) is 40.1 Å². The number of halogens is 6. The minimum Gasteiger partial charge on any atom is -0.292 e. The third-order valence-corrected chi connectivity index (χ3v) is 10.1. The summed E-state index contributed by atoms with van der Waals surface area (Å²) in [7, 11) is 0. The van der Waals surface area contributed by atoms with Gasteiger partial charge < -0.3 is 0 Å². The summed E-state index contributed by atoms with van der Waals surface area (Å²) in [5, 5.41) is 33.6. The van der Waals surface area contributed by atoms with Crippen LogP contribution in [0.5, 0.6) is 0 Å². The Kier molecular flexibility index (Phi) is 10.3. The molecule has 4 heterocycles. The van der Waals surface area contributed by atoms with E-state index in [1.807, 2.05) is 12.1 Å². The normalized spacial score (nSPS) is 11.8. The third-order valence-electron chi connectivity index (χ3n) is 8.40. The molecule has 0 bridgehead atoms. The van der Waals surface area contributed by atoms with Gasteiger partial charge in [-0.05, 0) is 60.3 Å². The summed E-state index contributed by atoms with van der Waals surface area (Å²) in [6, 6.07) is 29.4. The van der Waals surface area contributed by atoms with Gasteiger partial charge >= 0.3 is 12.4 Å². The standard InChI is InChI=1S/C40H24F6N8S2/c41-39(42,43)25-9-3-1-7-23(25)27-11-5-13-29(51-27)35(47)55-37(49)31-19-17-21-15-16-22-18-20-32(54-34(22)33(21)53-31)38(50)56-36(48)30-14-6-12-28(52-30)24-8-2-4-10-26(24)40(44,45)46/h1-20,47-50H/p+1. The number of rotatable bonds is 6. The lowest BCUT2D eigenvalue weighted by atomic mass is 10.0. The van der Waals surface area contributed by atoms with E-state index in [4.69, 9.17) is 26.6 Å². The highest BCUT2D eigenvalue weighted by atomic mass is 32.2. The summed E-state index contributed by atoms with van der Waals surface area (Å²) in [5.41, 5.74) is -0.313. The van der Waals surface area contributed by atoms with Crippen molar-refractivity contribution in [2.75, 3.05) is 0 Å². The second-order valence-corrected chi connectivity index (χ2v) is 14.1. The number of thioether (sulfide) groups is 2. The van der Waals surface area contributed by atoms with E-state index in [0.29, 0.717) is 21.8 Å². The van der Waals surface area contributed by atoms with E-state index >= 15 is 0 Å². The first-order valence-corrected chi connectivity index (χ1v) is 18.0. The number of fused-ring (bicyclic) bond motifs is 3. The quantitative estimate of drug-likeness (QED) is 0.0571. The van der Waals surface area contributed by atoms with Gasteiger partial charge in [-0.15, -0.1) is 0 Å². The molecule has 0 saturated heterocycles. The second-order valence-electron chi connectivity index (χ2n) is 12.1. The minimum atomic E-state index is -4.60. The number of nitrogens with zero attached hydrogens (tertiary/aromatic N) is 4. The Bertz CT molecular complexity index is 2550. The van der Waals surface area contributed by atoms with Crippen molar-refractivity contribution in [1.82, 2.24) is 19.9 Å². The van der Waals surface area contributed by atoms with Gasteiger partial charge in [0.1, 0.15) is 20.8 Å². The Hall–Kier alpha value is -6.26. The molecule has 7 rings (SSSR count). The molecule has 0 aliphatic carbocycles. The summed E-state index contributed by atoms with van der Waals surface area (Å²) < 4.78 is 82.1. The Morgan fingerprint density at radius 3 is 1.32 bits per heavy atom. The van der Waals surface area contributed by atoms with Gasteiger partial charge in [-0.1, -0.05) is 72.8 Å². The molecule has 8 nitrogen and oxygen atoms in total. The van der Waals surface area contributed by atoms with Gasteiger partial charge in [-0.25, -0.2) is 25.3 Å². The number of alkyl halides is 6. The fourth-order valence-electron chi connectivity index (χ4n) is 5.78. The molecule has 7 aromatic rings. The lowest BCUT2D eigenvalue weighted by Crippen LogP contribution is -2.39. The molecule has 16 heteroatoms. The first-order valence-electron chi connectivity index (χ1n) is 16.4. The van der Waals surface area contributed by atoms with E-state index in [2.05, 4.69) is 15.0 Å². The van der Waals surface area contributed by atoms with Crippen molar-refractivity contribution < 1.29 is 31.8 Å².